The first-order valence-corrected chi connectivity index (χ1v) is 5.70. The zero-order valence-corrected chi connectivity index (χ0v) is 10.1. The monoisotopic (exact) mass is 238 g/mol. The first-order valence-electron chi connectivity index (χ1n) is 5.70. The standard InChI is InChI=1S/C12H18N2O3/c1-3-7-14(9-10-4-5-10)12(17)13(2)8-6-11(15)16/h1,10H,4-9H2,2H3,(H,15,16). The van der Waals surface area contributed by atoms with Crippen LogP contribution >= 0.6 is 0 Å². The number of hydrogen-bond acceptors (Lipinski definition) is 2. The average Bonchev–Trinajstić information content (AvgIpc) is 3.08. The number of carbonyl (C=O) groups is 2. The molecule has 0 aromatic rings. The number of carboxylic acid groups (broad SMARTS) is 1. The summed E-state index contributed by atoms with van der Waals surface area (Å²) in [6, 6.07) is -0.184. The van der Waals surface area contributed by atoms with Gasteiger partial charge in [0.15, 0.2) is 0 Å². The van der Waals surface area contributed by atoms with Crippen LogP contribution < -0.4 is 0 Å². The zero-order valence-electron chi connectivity index (χ0n) is 10.1. The minimum absolute atomic E-state index is 0.0461. The molecule has 1 aliphatic carbocycles. The normalized spacial score (nSPS) is 13.9. The zero-order chi connectivity index (χ0) is 12.8. The van der Waals surface area contributed by atoms with Crippen molar-refractivity contribution in [3.8, 4) is 12.3 Å². The number of urea groups is 1. The number of terminal acetylenes is 1. The highest BCUT2D eigenvalue weighted by atomic mass is 16.4. The van der Waals surface area contributed by atoms with Gasteiger partial charge in [-0.15, -0.1) is 6.42 Å². The SMILES string of the molecule is C#CCN(CC1CC1)C(=O)N(C)CCC(=O)O. The van der Waals surface area contributed by atoms with Crippen molar-refractivity contribution in [3.05, 3.63) is 0 Å². The molecule has 0 atom stereocenters. The predicted octanol–water partition coefficient (Wildman–Crippen LogP) is 0.858. The average molecular weight is 238 g/mol. The molecule has 0 radical (unpaired) electrons. The smallest absolute Gasteiger partial charge is 0.320 e. The van der Waals surface area contributed by atoms with E-state index in [1.165, 1.54) is 4.90 Å². The molecule has 0 unspecified atom stereocenters. The molecular weight excluding hydrogens is 220 g/mol. The lowest BCUT2D eigenvalue weighted by molar-refractivity contribution is -0.137. The highest BCUT2D eigenvalue weighted by molar-refractivity contribution is 5.75. The van der Waals surface area contributed by atoms with Crippen LogP contribution in [0.15, 0.2) is 0 Å². The number of aliphatic carboxylic acids is 1. The van der Waals surface area contributed by atoms with Crippen molar-refractivity contribution in [1.82, 2.24) is 9.80 Å². The lowest BCUT2D eigenvalue weighted by atomic mass is 10.3. The summed E-state index contributed by atoms with van der Waals surface area (Å²) in [4.78, 5) is 25.4. The summed E-state index contributed by atoms with van der Waals surface area (Å²) in [5.41, 5.74) is 0. The van der Waals surface area contributed by atoms with Crippen LogP contribution in [-0.2, 0) is 4.79 Å². The maximum absolute atomic E-state index is 12.0. The molecule has 17 heavy (non-hydrogen) atoms. The Balaban J connectivity index is 2.44. The molecule has 5 nitrogen and oxygen atoms in total. The third kappa shape index (κ3) is 4.77. The van der Waals surface area contributed by atoms with Crippen molar-refractivity contribution in [2.24, 2.45) is 5.92 Å². The Morgan fingerprint density at radius 1 is 1.47 bits per heavy atom. The van der Waals surface area contributed by atoms with E-state index in [9.17, 15) is 9.59 Å². The number of rotatable bonds is 6. The number of nitrogens with zero attached hydrogens (tertiary/aromatic N) is 2. The van der Waals surface area contributed by atoms with Gasteiger partial charge in [-0.3, -0.25) is 4.79 Å². The summed E-state index contributed by atoms with van der Waals surface area (Å²) < 4.78 is 0. The second-order valence-electron chi connectivity index (χ2n) is 4.38. The molecule has 1 aliphatic rings. The summed E-state index contributed by atoms with van der Waals surface area (Å²) in [6.45, 7) is 1.17. The molecule has 0 aromatic heterocycles. The van der Waals surface area contributed by atoms with Gasteiger partial charge in [-0.05, 0) is 18.8 Å². The molecule has 1 N–H and O–H groups in total. The highest BCUT2D eigenvalue weighted by Gasteiger charge is 2.27. The van der Waals surface area contributed by atoms with E-state index in [1.54, 1.807) is 11.9 Å². The van der Waals surface area contributed by atoms with Gasteiger partial charge in [-0.2, -0.15) is 0 Å². The molecule has 0 aliphatic heterocycles. The highest BCUT2D eigenvalue weighted by Crippen LogP contribution is 2.29. The van der Waals surface area contributed by atoms with E-state index in [0.29, 0.717) is 12.5 Å². The van der Waals surface area contributed by atoms with Gasteiger partial charge in [0.1, 0.15) is 0 Å². The Hall–Kier alpha value is -1.70. The lowest BCUT2D eigenvalue weighted by Gasteiger charge is -2.26. The molecule has 0 spiro atoms. The molecule has 1 saturated carbocycles. The van der Waals surface area contributed by atoms with Crippen molar-refractivity contribution in [2.75, 3.05) is 26.7 Å². The minimum Gasteiger partial charge on any atom is -0.481 e. The molecule has 0 heterocycles. The van der Waals surface area contributed by atoms with Gasteiger partial charge in [0.25, 0.3) is 0 Å². The molecule has 1 fully saturated rings. The molecule has 94 valence electrons. The number of carboxylic acids is 1. The van der Waals surface area contributed by atoms with Gasteiger partial charge < -0.3 is 14.9 Å². The van der Waals surface area contributed by atoms with E-state index in [-0.39, 0.29) is 25.5 Å². The molecule has 2 amide bonds. The molecule has 1 rings (SSSR count). The maximum atomic E-state index is 12.0. The predicted molar refractivity (Wildman–Crippen MR) is 63.4 cm³/mol. The van der Waals surface area contributed by atoms with Gasteiger partial charge in [-0.1, -0.05) is 5.92 Å². The van der Waals surface area contributed by atoms with Crippen LogP contribution in [-0.4, -0.2) is 53.6 Å². The number of carbonyl (C=O) groups excluding carboxylic acids is 1. The van der Waals surface area contributed by atoms with Crippen molar-refractivity contribution in [3.63, 3.8) is 0 Å². The van der Waals surface area contributed by atoms with Gasteiger partial charge in [0.2, 0.25) is 0 Å². The molecule has 0 saturated heterocycles. The molecular formula is C12H18N2O3. The summed E-state index contributed by atoms with van der Waals surface area (Å²) in [7, 11) is 1.60. The van der Waals surface area contributed by atoms with Crippen LogP contribution in [0.3, 0.4) is 0 Å². The van der Waals surface area contributed by atoms with Crippen LogP contribution in [0, 0.1) is 18.3 Å². The Morgan fingerprint density at radius 3 is 2.59 bits per heavy atom. The quantitative estimate of drug-likeness (QED) is 0.698. The Labute approximate surface area is 101 Å². The van der Waals surface area contributed by atoms with E-state index in [0.717, 1.165) is 12.8 Å². The lowest BCUT2D eigenvalue weighted by Crippen LogP contribution is -2.43. The second-order valence-corrected chi connectivity index (χ2v) is 4.38. The van der Waals surface area contributed by atoms with Crippen LogP contribution in [0.4, 0.5) is 4.79 Å². The van der Waals surface area contributed by atoms with Gasteiger partial charge in [0.05, 0.1) is 13.0 Å². The van der Waals surface area contributed by atoms with Crippen LogP contribution in [0.5, 0.6) is 0 Å². The Kier molecular flexibility index (Phi) is 4.83. The van der Waals surface area contributed by atoms with Gasteiger partial charge >= 0.3 is 12.0 Å². The van der Waals surface area contributed by atoms with Crippen molar-refractivity contribution < 1.29 is 14.7 Å². The van der Waals surface area contributed by atoms with Crippen LogP contribution in [0.25, 0.3) is 0 Å². The largest absolute Gasteiger partial charge is 0.481 e. The number of hydrogen-bond donors (Lipinski definition) is 1. The minimum atomic E-state index is -0.907. The van der Waals surface area contributed by atoms with Crippen LogP contribution in [0.1, 0.15) is 19.3 Å². The topological polar surface area (TPSA) is 60.9 Å². The van der Waals surface area contributed by atoms with E-state index in [2.05, 4.69) is 5.92 Å². The van der Waals surface area contributed by atoms with E-state index < -0.39 is 5.97 Å². The van der Waals surface area contributed by atoms with E-state index >= 15 is 0 Å². The fraction of sp³-hybridized carbons (Fsp3) is 0.667. The van der Waals surface area contributed by atoms with E-state index in [4.69, 9.17) is 11.5 Å². The fourth-order valence-electron chi connectivity index (χ4n) is 1.53. The number of amides is 2. The summed E-state index contributed by atoms with van der Waals surface area (Å²) in [5.74, 6) is 2.13. The molecule has 5 heteroatoms. The summed E-state index contributed by atoms with van der Waals surface area (Å²) in [6.07, 6.45) is 7.48. The van der Waals surface area contributed by atoms with Gasteiger partial charge in [0, 0.05) is 20.1 Å². The van der Waals surface area contributed by atoms with Crippen LogP contribution in [0.2, 0.25) is 0 Å². The van der Waals surface area contributed by atoms with Crippen molar-refractivity contribution in [1.29, 1.82) is 0 Å². The first-order chi connectivity index (χ1) is 8.04. The Bertz CT molecular complexity index is 331. The third-order valence-corrected chi connectivity index (χ3v) is 2.72. The maximum Gasteiger partial charge on any atom is 0.320 e. The van der Waals surface area contributed by atoms with Crippen molar-refractivity contribution in [2.45, 2.75) is 19.3 Å². The van der Waals surface area contributed by atoms with Gasteiger partial charge in [-0.25, -0.2) is 4.79 Å². The first kappa shape index (κ1) is 13.4. The molecule has 0 aromatic carbocycles. The van der Waals surface area contributed by atoms with Crippen molar-refractivity contribution >= 4 is 12.0 Å². The Morgan fingerprint density at radius 2 is 2.12 bits per heavy atom. The fourth-order valence-corrected chi connectivity index (χ4v) is 1.53. The summed E-state index contributed by atoms with van der Waals surface area (Å²) >= 11 is 0. The van der Waals surface area contributed by atoms with E-state index in [1.807, 2.05) is 0 Å². The second kappa shape index (κ2) is 6.14. The summed E-state index contributed by atoms with van der Waals surface area (Å²) in [5, 5.41) is 8.56. The molecule has 0 bridgehead atoms. The third-order valence-electron chi connectivity index (χ3n) is 2.72.